The maximum Gasteiger partial charge on any atom is 0.294 e. The molecule has 1 radical (unpaired) electrons. The molecule has 2 rings (SSSR count). The van der Waals surface area contributed by atoms with Crippen molar-refractivity contribution >= 4 is 19.2 Å². The highest BCUT2D eigenvalue weighted by Crippen LogP contribution is 2.25. The van der Waals surface area contributed by atoms with Crippen LogP contribution in [0.15, 0.2) is 0 Å². The van der Waals surface area contributed by atoms with E-state index in [1.807, 2.05) is 28.3 Å². The van der Waals surface area contributed by atoms with Crippen LogP contribution in [0.3, 0.4) is 0 Å². The molecule has 16 heavy (non-hydrogen) atoms. The van der Waals surface area contributed by atoms with Gasteiger partial charge in [-0.05, 0) is 21.0 Å². The normalized spacial score (nSPS) is 36.1. The number of rotatable bonds is 0. The molecule has 6 heteroatoms. The Balaban J connectivity index is 2.26. The Morgan fingerprint density at radius 3 is 2.50 bits per heavy atom. The number of amides is 2. The van der Waals surface area contributed by atoms with E-state index in [2.05, 4.69) is 4.90 Å². The van der Waals surface area contributed by atoms with E-state index in [1.165, 1.54) is 0 Å². The zero-order chi connectivity index (χ0) is 12.0. The van der Waals surface area contributed by atoms with Gasteiger partial charge in [-0.15, -0.1) is 0 Å². The maximum absolute atomic E-state index is 12.1. The van der Waals surface area contributed by atoms with Gasteiger partial charge in [-0.2, -0.15) is 0 Å². The van der Waals surface area contributed by atoms with Crippen LogP contribution in [0, 0.1) is 5.92 Å². The SMILES string of the molecule is CC1C(=O)N2CC(=O)N(C)[B]C2N(C)C1C. The molecule has 2 fully saturated rings. The molecule has 0 bridgehead atoms. The van der Waals surface area contributed by atoms with Gasteiger partial charge in [0.15, 0.2) is 0 Å². The van der Waals surface area contributed by atoms with Crippen LogP contribution in [0.4, 0.5) is 0 Å². The van der Waals surface area contributed by atoms with Crippen molar-refractivity contribution in [2.45, 2.75) is 26.0 Å². The fraction of sp³-hybridized carbons (Fsp3) is 0.800. The first kappa shape index (κ1) is 11.5. The van der Waals surface area contributed by atoms with Crippen molar-refractivity contribution in [3.8, 4) is 0 Å². The first-order valence-electron chi connectivity index (χ1n) is 5.56. The van der Waals surface area contributed by atoms with Crippen LogP contribution in [0.2, 0.25) is 0 Å². The topological polar surface area (TPSA) is 43.9 Å². The van der Waals surface area contributed by atoms with Crippen LogP contribution < -0.4 is 0 Å². The molecule has 87 valence electrons. The number of fused-ring (bicyclic) bond motifs is 1. The zero-order valence-electron chi connectivity index (χ0n) is 10.2. The molecule has 0 aromatic carbocycles. The van der Waals surface area contributed by atoms with E-state index in [9.17, 15) is 9.59 Å². The third-order valence-electron chi connectivity index (χ3n) is 3.83. The van der Waals surface area contributed by atoms with Crippen LogP contribution >= 0.6 is 0 Å². The van der Waals surface area contributed by atoms with Crippen LogP contribution in [-0.4, -0.2) is 66.6 Å². The van der Waals surface area contributed by atoms with Crippen molar-refractivity contribution < 1.29 is 9.59 Å². The molecule has 0 N–H and O–H groups in total. The van der Waals surface area contributed by atoms with E-state index in [4.69, 9.17) is 0 Å². The lowest BCUT2D eigenvalue weighted by atomic mass is 9.77. The van der Waals surface area contributed by atoms with Gasteiger partial charge in [0, 0.05) is 6.04 Å². The number of hydrogen-bond acceptors (Lipinski definition) is 3. The minimum Gasteiger partial charge on any atom is -0.388 e. The third kappa shape index (κ3) is 1.52. The maximum atomic E-state index is 12.1. The molecule has 0 saturated carbocycles. The summed E-state index contributed by atoms with van der Waals surface area (Å²) in [5, 5.41) is 0. The molecule has 3 unspecified atom stereocenters. The number of nitrogens with zero attached hydrogens (tertiary/aromatic N) is 3. The van der Waals surface area contributed by atoms with Gasteiger partial charge in [-0.25, -0.2) is 0 Å². The van der Waals surface area contributed by atoms with Gasteiger partial charge in [0.05, 0.1) is 18.5 Å². The largest absolute Gasteiger partial charge is 0.388 e. The highest BCUT2D eigenvalue weighted by atomic mass is 16.2. The third-order valence-corrected chi connectivity index (χ3v) is 3.83. The Morgan fingerprint density at radius 2 is 1.88 bits per heavy atom. The van der Waals surface area contributed by atoms with Crippen LogP contribution in [0.25, 0.3) is 0 Å². The smallest absolute Gasteiger partial charge is 0.294 e. The van der Waals surface area contributed by atoms with Crippen molar-refractivity contribution in [2.75, 3.05) is 20.6 Å². The minimum absolute atomic E-state index is 0.0280. The first-order chi connectivity index (χ1) is 7.43. The van der Waals surface area contributed by atoms with Gasteiger partial charge >= 0.3 is 0 Å². The van der Waals surface area contributed by atoms with Crippen LogP contribution in [0.1, 0.15) is 13.8 Å². The molecule has 2 heterocycles. The minimum atomic E-state index is -0.0820. The van der Waals surface area contributed by atoms with Gasteiger partial charge < -0.3 is 9.71 Å². The Hall–Kier alpha value is -1.04. The highest BCUT2D eigenvalue weighted by molar-refractivity contribution is 6.40. The van der Waals surface area contributed by atoms with E-state index in [0.29, 0.717) is 0 Å². The predicted octanol–water partition coefficient (Wildman–Crippen LogP) is -0.840. The monoisotopic (exact) mass is 222 g/mol. The molecular formula is C10H17BN3O2. The van der Waals surface area contributed by atoms with Crippen molar-refractivity contribution in [3.63, 3.8) is 0 Å². The van der Waals surface area contributed by atoms with E-state index >= 15 is 0 Å². The Morgan fingerprint density at radius 1 is 1.25 bits per heavy atom. The molecule has 2 aliphatic heterocycles. The van der Waals surface area contributed by atoms with Crippen molar-refractivity contribution in [2.24, 2.45) is 5.92 Å². The fourth-order valence-electron chi connectivity index (χ4n) is 2.31. The lowest BCUT2D eigenvalue weighted by Crippen LogP contribution is -2.70. The van der Waals surface area contributed by atoms with Gasteiger partial charge in [0.2, 0.25) is 11.8 Å². The highest BCUT2D eigenvalue weighted by Gasteiger charge is 2.45. The van der Waals surface area contributed by atoms with Gasteiger partial charge in [-0.1, -0.05) is 6.92 Å². The summed E-state index contributed by atoms with van der Waals surface area (Å²) >= 11 is 0. The van der Waals surface area contributed by atoms with E-state index < -0.39 is 0 Å². The van der Waals surface area contributed by atoms with Gasteiger partial charge in [0.1, 0.15) is 0 Å². The van der Waals surface area contributed by atoms with Gasteiger partial charge in [-0.3, -0.25) is 14.5 Å². The molecule has 5 nitrogen and oxygen atoms in total. The van der Waals surface area contributed by atoms with Gasteiger partial charge in [0.25, 0.3) is 7.41 Å². The van der Waals surface area contributed by atoms with Crippen molar-refractivity contribution in [3.05, 3.63) is 0 Å². The average molecular weight is 222 g/mol. The zero-order valence-corrected chi connectivity index (χ0v) is 10.2. The molecular weight excluding hydrogens is 205 g/mol. The van der Waals surface area contributed by atoms with Crippen LogP contribution in [-0.2, 0) is 9.59 Å². The Bertz CT molecular complexity index is 336. The van der Waals surface area contributed by atoms with E-state index in [0.717, 1.165) is 0 Å². The Kier molecular flexibility index (Phi) is 2.70. The summed E-state index contributed by atoms with van der Waals surface area (Å²) in [6.45, 7) is 4.16. The summed E-state index contributed by atoms with van der Waals surface area (Å²) in [6.07, 6.45) is 0. The summed E-state index contributed by atoms with van der Waals surface area (Å²) in [6, 6.07) is 0.119. The lowest BCUT2D eigenvalue weighted by molar-refractivity contribution is -0.155. The van der Waals surface area contributed by atoms with E-state index in [-0.39, 0.29) is 36.4 Å². The summed E-state index contributed by atoms with van der Waals surface area (Å²) in [7, 11) is 5.54. The lowest BCUT2D eigenvalue weighted by Gasteiger charge is -2.51. The van der Waals surface area contributed by atoms with E-state index in [1.54, 1.807) is 16.8 Å². The summed E-state index contributed by atoms with van der Waals surface area (Å²) in [5.41, 5.74) is 0. The molecule has 0 aliphatic carbocycles. The second kappa shape index (κ2) is 3.77. The number of carbonyl (C=O) groups is 2. The molecule has 0 aromatic rings. The van der Waals surface area contributed by atoms with Crippen molar-refractivity contribution in [1.82, 2.24) is 14.6 Å². The number of carbonyl (C=O) groups excluding carboxylic acids is 2. The predicted molar refractivity (Wildman–Crippen MR) is 60.4 cm³/mol. The summed E-state index contributed by atoms with van der Waals surface area (Å²) in [4.78, 5) is 29.0. The quantitative estimate of drug-likeness (QED) is 0.502. The molecule has 0 spiro atoms. The molecule has 0 aromatic heterocycles. The molecule has 2 saturated heterocycles. The Labute approximate surface area is 96.6 Å². The summed E-state index contributed by atoms with van der Waals surface area (Å²) < 4.78 is 0. The first-order valence-corrected chi connectivity index (χ1v) is 5.56. The van der Waals surface area contributed by atoms with Crippen molar-refractivity contribution in [1.29, 1.82) is 0 Å². The average Bonchev–Trinajstić information content (AvgIpc) is 2.26. The number of hydrogen-bond donors (Lipinski definition) is 0. The van der Waals surface area contributed by atoms with Crippen LogP contribution in [0.5, 0.6) is 0 Å². The fourth-order valence-corrected chi connectivity index (χ4v) is 2.31. The number of likely N-dealkylation sites (N-methyl/N-ethyl adjacent to an activating group) is 1. The molecule has 2 aliphatic rings. The summed E-state index contributed by atoms with van der Waals surface area (Å²) in [5.74, 6) is -0.00101. The standard InChI is InChI=1S/C10H17BN3O2/c1-6-7(2)12(3)10-11-13(4)8(15)5-14(10)9(6)16/h6-7,10H,5H2,1-4H3. The molecule has 2 amide bonds. The second-order valence-corrected chi connectivity index (χ2v) is 4.73. The second-order valence-electron chi connectivity index (χ2n) is 4.73. The molecule has 3 atom stereocenters.